The van der Waals surface area contributed by atoms with Gasteiger partial charge in [-0.2, -0.15) is 0 Å². The van der Waals surface area contributed by atoms with Crippen LogP contribution in [0.5, 0.6) is 0 Å². The zero-order valence-electron chi connectivity index (χ0n) is 13.8. The van der Waals surface area contributed by atoms with E-state index in [1.54, 1.807) is 0 Å². The highest BCUT2D eigenvalue weighted by Crippen LogP contribution is 2.43. The largest absolute Gasteiger partial charge is 0.393 e. The van der Waals surface area contributed by atoms with E-state index >= 15 is 0 Å². The average molecular weight is 283 g/mol. The number of ether oxygens (including phenoxy) is 1. The third kappa shape index (κ3) is 3.55. The molecule has 1 aliphatic heterocycles. The molecule has 0 aromatic rings. The second-order valence-corrected chi connectivity index (χ2v) is 7.49. The SMILES string of the molecule is CCC(C)(C)C1CCC(O)CC1N(C)C1CCOCC1. The maximum atomic E-state index is 10.1. The van der Waals surface area contributed by atoms with E-state index in [-0.39, 0.29) is 6.10 Å². The Labute approximate surface area is 124 Å². The van der Waals surface area contributed by atoms with E-state index in [9.17, 15) is 5.11 Å². The maximum Gasteiger partial charge on any atom is 0.0555 e. The highest BCUT2D eigenvalue weighted by atomic mass is 16.5. The summed E-state index contributed by atoms with van der Waals surface area (Å²) in [5.74, 6) is 0.698. The van der Waals surface area contributed by atoms with Crippen molar-refractivity contribution < 1.29 is 9.84 Å². The summed E-state index contributed by atoms with van der Waals surface area (Å²) in [5.41, 5.74) is 0.365. The Morgan fingerprint density at radius 2 is 1.80 bits per heavy atom. The van der Waals surface area contributed by atoms with Crippen molar-refractivity contribution in [2.75, 3.05) is 20.3 Å². The van der Waals surface area contributed by atoms with Gasteiger partial charge in [-0.3, -0.25) is 4.90 Å². The van der Waals surface area contributed by atoms with Crippen LogP contribution in [-0.2, 0) is 4.74 Å². The number of hydrogen-bond donors (Lipinski definition) is 1. The Balaban J connectivity index is 2.10. The molecule has 0 bridgehead atoms. The van der Waals surface area contributed by atoms with Crippen LogP contribution in [0.15, 0.2) is 0 Å². The van der Waals surface area contributed by atoms with E-state index in [0.29, 0.717) is 23.4 Å². The molecular formula is C17H33NO2. The molecule has 3 nitrogen and oxygen atoms in total. The van der Waals surface area contributed by atoms with Crippen LogP contribution in [0.2, 0.25) is 0 Å². The first-order chi connectivity index (χ1) is 9.45. The number of rotatable bonds is 4. The Bertz CT molecular complexity index is 299. The van der Waals surface area contributed by atoms with Crippen LogP contribution in [0.25, 0.3) is 0 Å². The lowest BCUT2D eigenvalue weighted by Crippen LogP contribution is -2.53. The number of aliphatic hydroxyl groups excluding tert-OH is 1. The van der Waals surface area contributed by atoms with Crippen molar-refractivity contribution in [3.63, 3.8) is 0 Å². The van der Waals surface area contributed by atoms with Crippen LogP contribution in [0.1, 0.15) is 59.3 Å². The van der Waals surface area contributed by atoms with E-state index in [2.05, 4.69) is 32.7 Å². The monoisotopic (exact) mass is 283 g/mol. The number of hydrogen-bond acceptors (Lipinski definition) is 3. The third-order valence-corrected chi connectivity index (χ3v) is 5.99. The van der Waals surface area contributed by atoms with Gasteiger partial charge >= 0.3 is 0 Å². The second-order valence-electron chi connectivity index (χ2n) is 7.49. The first kappa shape index (κ1) is 16.3. The molecular weight excluding hydrogens is 250 g/mol. The zero-order chi connectivity index (χ0) is 14.8. The fourth-order valence-electron chi connectivity index (χ4n) is 4.11. The molecule has 3 heteroatoms. The van der Waals surface area contributed by atoms with E-state index in [0.717, 1.165) is 38.9 Å². The zero-order valence-corrected chi connectivity index (χ0v) is 13.8. The van der Waals surface area contributed by atoms with Crippen molar-refractivity contribution in [1.29, 1.82) is 0 Å². The molecule has 1 saturated heterocycles. The summed E-state index contributed by atoms with van der Waals surface area (Å²) in [6, 6.07) is 1.16. The Kier molecular flexibility index (Phi) is 5.49. The minimum Gasteiger partial charge on any atom is -0.393 e. The Hall–Kier alpha value is -0.120. The molecule has 2 fully saturated rings. The highest BCUT2D eigenvalue weighted by molar-refractivity contribution is 4.94. The topological polar surface area (TPSA) is 32.7 Å². The lowest BCUT2D eigenvalue weighted by atomic mass is 9.66. The molecule has 2 aliphatic rings. The van der Waals surface area contributed by atoms with Gasteiger partial charge < -0.3 is 9.84 Å². The molecule has 1 heterocycles. The fourth-order valence-corrected chi connectivity index (χ4v) is 4.11. The van der Waals surface area contributed by atoms with Crippen molar-refractivity contribution >= 4 is 0 Å². The van der Waals surface area contributed by atoms with Gasteiger partial charge in [-0.1, -0.05) is 27.2 Å². The Morgan fingerprint density at radius 3 is 2.40 bits per heavy atom. The van der Waals surface area contributed by atoms with Gasteiger partial charge in [-0.25, -0.2) is 0 Å². The van der Waals surface area contributed by atoms with Gasteiger partial charge in [-0.05, 0) is 50.5 Å². The maximum absolute atomic E-state index is 10.1. The van der Waals surface area contributed by atoms with E-state index in [4.69, 9.17) is 4.74 Å². The fraction of sp³-hybridized carbons (Fsp3) is 1.00. The molecule has 0 aromatic carbocycles. The summed E-state index contributed by atoms with van der Waals surface area (Å²) in [7, 11) is 2.28. The van der Waals surface area contributed by atoms with Crippen molar-refractivity contribution in [2.45, 2.75) is 77.5 Å². The van der Waals surface area contributed by atoms with E-state index < -0.39 is 0 Å². The molecule has 3 unspecified atom stereocenters. The molecule has 1 aliphatic carbocycles. The van der Waals surface area contributed by atoms with Gasteiger partial charge in [0.25, 0.3) is 0 Å². The molecule has 2 rings (SSSR count). The quantitative estimate of drug-likeness (QED) is 0.860. The Morgan fingerprint density at radius 1 is 1.15 bits per heavy atom. The average Bonchev–Trinajstić information content (AvgIpc) is 2.47. The molecule has 0 amide bonds. The molecule has 118 valence electrons. The van der Waals surface area contributed by atoms with Crippen molar-refractivity contribution in [3.8, 4) is 0 Å². The van der Waals surface area contributed by atoms with Crippen molar-refractivity contribution in [1.82, 2.24) is 4.90 Å². The van der Waals surface area contributed by atoms with Crippen molar-refractivity contribution in [2.24, 2.45) is 11.3 Å². The first-order valence-corrected chi connectivity index (χ1v) is 8.43. The summed E-state index contributed by atoms with van der Waals surface area (Å²) in [5, 5.41) is 10.1. The summed E-state index contributed by atoms with van der Waals surface area (Å²) < 4.78 is 5.50. The van der Waals surface area contributed by atoms with Crippen LogP contribution in [-0.4, -0.2) is 48.5 Å². The van der Waals surface area contributed by atoms with Crippen LogP contribution < -0.4 is 0 Å². The second kappa shape index (κ2) is 6.76. The molecule has 3 atom stereocenters. The van der Waals surface area contributed by atoms with Gasteiger partial charge in [0, 0.05) is 25.3 Å². The summed E-state index contributed by atoms with van der Waals surface area (Å²) in [4.78, 5) is 2.58. The van der Waals surface area contributed by atoms with E-state index in [1.807, 2.05) is 0 Å². The third-order valence-electron chi connectivity index (χ3n) is 5.99. The van der Waals surface area contributed by atoms with Crippen LogP contribution >= 0.6 is 0 Å². The predicted octanol–water partition coefficient (Wildman–Crippen LogP) is 3.06. The van der Waals surface area contributed by atoms with Crippen LogP contribution in [0.3, 0.4) is 0 Å². The summed E-state index contributed by atoms with van der Waals surface area (Å²) >= 11 is 0. The molecule has 0 radical (unpaired) electrons. The number of nitrogens with zero attached hydrogens (tertiary/aromatic N) is 1. The minimum atomic E-state index is -0.105. The summed E-state index contributed by atoms with van der Waals surface area (Å²) in [6.45, 7) is 8.90. The molecule has 1 saturated carbocycles. The van der Waals surface area contributed by atoms with Gasteiger partial charge in [-0.15, -0.1) is 0 Å². The van der Waals surface area contributed by atoms with Crippen molar-refractivity contribution in [3.05, 3.63) is 0 Å². The smallest absolute Gasteiger partial charge is 0.0555 e. The molecule has 20 heavy (non-hydrogen) atoms. The highest BCUT2D eigenvalue weighted by Gasteiger charge is 2.41. The normalized spacial score (nSPS) is 33.6. The van der Waals surface area contributed by atoms with Gasteiger partial charge in [0.15, 0.2) is 0 Å². The van der Waals surface area contributed by atoms with Crippen LogP contribution in [0, 0.1) is 11.3 Å². The molecule has 0 aromatic heterocycles. The van der Waals surface area contributed by atoms with Gasteiger partial charge in [0.2, 0.25) is 0 Å². The molecule has 1 N–H and O–H groups in total. The lowest BCUT2D eigenvalue weighted by Gasteiger charge is -2.49. The summed E-state index contributed by atoms with van der Waals surface area (Å²) in [6.07, 6.45) is 6.48. The van der Waals surface area contributed by atoms with Gasteiger partial charge in [0.1, 0.15) is 0 Å². The minimum absolute atomic E-state index is 0.105. The first-order valence-electron chi connectivity index (χ1n) is 8.43. The standard InChI is InChI=1S/C17H33NO2/c1-5-17(2,3)15-7-6-14(19)12-16(15)18(4)13-8-10-20-11-9-13/h13-16,19H,5-12H2,1-4H3. The van der Waals surface area contributed by atoms with Gasteiger partial charge in [0.05, 0.1) is 6.10 Å². The molecule has 0 spiro atoms. The van der Waals surface area contributed by atoms with Crippen LogP contribution in [0.4, 0.5) is 0 Å². The van der Waals surface area contributed by atoms with E-state index in [1.165, 1.54) is 12.8 Å². The number of aliphatic hydroxyl groups is 1. The predicted molar refractivity (Wildman–Crippen MR) is 82.8 cm³/mol. The lowest BCUT2D eigenvalue weighted by molar-refractivity contribution is -0.0444.